The van der Waals surface area contributed by atoms with Crippen LogP contribution in [-0.2, 0) is 42.9 Å². The summed E-state index contributed by atoms with van der Waals surface area (Å²) in [5.41, 5.74) is 0. The second-order valence-electron chi connectivity index (χ2n) is 3.97. The Kier molecular flexibility index (Phi) is 6.37. The number of carbonyl (C=O) groups excluding carboxylic acids is 5. The lowest BCUT2D eigenvalue weighted by atomic mass is 10.0. The van der Waals surface area contributed by atoms with E-state index in [0.717, 1.165) is 7.11 Å². The van der Waals surface area contributed by atoms with E-state index in [1.54, 1.807) is 0 Å². The van der Waals surface area contributed by atoms with Crippen molar-refractivity contribution in [2.45, 2.75) is 45.1 Å². The van der Waals surface area contributed by atoms with Crippen molar-refractivity contribution in [3.63, 3.8) is 0 Å². The van der Waals surface area contributed by atoms with Crippen LogP contribution in [0.2, 0.25) is 0 Å². The minimum Gasteiger partial charge on any atom is -0.467 e. The molecule has 0 aliphatic rings. The first-order chi connectivity index (χ1) is 12.2. The van der Waals surface area contributed by atoms with E-state index in [1.807, 2.05) is 0 Å². The minimum absolute atomic E-state index is 0.0407. The van der Waals surface area contributed by atoms with Crippen LogP contribution in [-0.4, -0.2) is 66.8 Å². The Morgan fingerprint density at radius 2 is 1.43 bits per heavy atom. The largest absolute Gasteiger partial charge is 0.467 e. The van der Waals surface area contributed by atoms with Crippen molar-refractivity contribution in [2.75, 3.05) is 7.11 Å². The van der Waals surface area contributed by atoms with Gasteiger partial charge < -0.3 is 24.1 Å². The fourth-order valence-electron chi connectivity index (χ4n) is 1.51. The maximum Gasteiger partial charge on any atom is 0.338 e. The van der Waals surface area contributed by atoms with E-state index in [1.165, 1.54) is 0 Å². The van der Waals surface area contributed by atoms with Gasteiger partial charge in [-0.25, -0.2) is 4.79 Å². The van der Waals surface area contributed by atoms with Crippen LogP contribution < -0.4 is 0 Å². The summed E-state index contributed by atoms with van der Waals surface area (Å²) < 4.78 is 39.0. The van der Waals surface area contributed by atoms with Crippen molar-refractivity contribution in [1.29, 1.82) is 0 Å². The third kappa shape index (κ3) is 6.87. The molecule has 4 atom stereocenters. The van der Waals surface area contributed by atoms with Gasteiger partial charge in [-0.05, 0) is 0 Å². The Balaban J connectivity index is 5.90. The van der Waals surface area contributed by atoms with Crippen molar-refractivity contribution in [1.82, 2.24) is 0 Å². The van der Waals surface area contributed by atoms with Gasteiger partial charge in [-0.1, -0.05) is 0 Å². The number of aliphatic hydroxyl groups excluding tert-OH is 1. The maximum absolute atomic E-state index is 11.6. The average Bonchev–Trinajstić information content (AvgIpc) is 2.66. The lowest BCUT2D eigenvalue weighted by molar-refractivity contribution is -0.196. The van der Waals surface area contributed by atoms with Gasteiger partial charge in [-0.3, -0.25) is 19.2 Å². The first kappa shape index (κ1) is 15.4. The molecule has 0 rings (SSSR count). The number of aldehydes is 1. The molecule has 23 heavy (non-hydrogen) atoms. The summed E-state index contributed by atoms with van der Waals surface area (Å²) in [7, 11) is 0.886. The standard InChI is InChI=1S/C13H18O10/c1-6(15)21-9(5-14)11(22-7(2)16)12(23-8(3)17)10(18)13(19)20-4/h5,9-12,18H,1-4H3/t9-,10-,11+,12+/m0/s1/i1D,2D,3D. The van der Waals surface area contributed by atoms with E-state index in [2.05, 4.69) is 14.2 Å². The zero-order valence-corrected chi connectivity index (χ0v) is 12.1. The molecule has 130 valence electrons. The second-order valence-corrected chi connectivity index (χ2v) is 3.97. The van der Waals surface area contributed by atoms with E-state index in [9.17, 15) is 29.1 Å². The molecule has 0 aliphatic heterocycles. The summed E-state index contributed by atoms with van der Waals surface area (Å²) in [5.74, 6) is -5.07. The highest BCUT2D eigenvalue weighted by Crippen LogP contribution is 2.17. The summed E-state index contributed by atoms with van der Waals surface area (Å²) in [4.78, 5) is 56.9. The first-order valence-electron chi connectivity index (χ1n) is 8.05. The molecule has 0 spiro atoms. The third-order valence-corrected chi connectivity index (χ3v) is 2.34. The van der Waals surface area contributed by atoms with Gasteiger partial charge in [0.05, 0.1) is 7.11 Å². The van der Waals surface area contributed by atoms with Crippen LogP contribution in [0, 0.1) is 0 Å². The van der Waals surface area contributed by atoms with Crippen molar-refractivity contribution in [3.05, 3.63) is 0 Å². The van der Waals surface area contributed by atoms with E-state index in [-0.39, 0.29) is 6.29 Å². The van der Waals surface area contributed by atoms with Gasteiger partial charge >= 0.3 is 23.9 Å². The first-order valence-corrected chi connectivity index (χ1v) is 5.92. The average molecular weight is 337 g/mol. The Bertz CT molecular complexity index is 526. The summed E-state index contributed by atoms with van der Waals surface area (Å²) in [6.07, 6.45) is -8.38. The molecule has 10 heteroatoms. The van der Waals surface area contributed by atoms with Crippen molar-refractivity contribution < 1.29 is 52.1 Å². The van der Waals surface area contributed by atoms with E-state index < -0.39 is 69.0 Å². The molecule has 0 unspecified atom stereocenters. The quantitative estimate of drug-likeness (QED) is 0.316. The molecule has 1 N–H and O–H groups in total. The molecular weight excluding hydrogens is 316 g/mol. The molecule has 0 radical (unpaired) electrons. The molecule has 0 saturated heterocycles. The monoisotopic (exact) mass is 337 g/mol. The number of aliphatic hydroxyl groups is 1. The van der Waals surface area contributed by atoms with Crippen molar-refractivity contribution in [3.8, 4) is 0 Å². The van der Waals surface area contributed by atoms with Crippen molar-refractivity contribution >= 4 is 30.2 Å². The van der Waals surface area contributed by atoms with Gasteiger partial charge in [0.15, 0.2) is 30.7 Å². The highest BCUT2D eigenvalue weighted by Gasteiger charge is 2.44. The highest BCUT2D eigenvalue weighted by atomic mass is 16.6. The number of rotatable bonds is 8. The Morgan fingerprint density at radius 3 is 1.87 bits per heavy atom. The number of hydrogen-bond donors (Lipinski definition) is 1. The molecular formula is C13H18O10. The van der Waals surface area contributed by atoms with Gasteiger partial charge in [0, 0.05) is 24.8 Å². The Hall–Kier alpha value is -2.49. The maximum atomic E-state index is 11.6. The summed E-state index contributed by atoms with van der Waals surface area (Å²) >= 11 is 0. The predicted molar refractivity (Wildman–Crippen MR) is 70.7 cm³/mol. The van der Waals surface area contributed by atoms with Crippen LogP contribution in [0.3, 0.4) is 0 Å². The van der Waals surface area contributed by atoms with Gasteiger partial charge in [-0.15, -0.1) is 0 Å². The summed E-state index contributed by atoms with van der Waals surface area (Å²) in [6.45, 7) is -2.79. The van der Waals surface area contributed by atoms with Crippen LogP contribution in [0.1, 0.15) is 24.8 Å². The number of esters is 4. The fourth-order valence-corrected chi connectivity index (χ4v) is 1.51. The number of methoxy groups -OCH3 is 1. The zero-order chi connectivity index (χ0) is 20.3. The zero-order valence-electron chi connectivity index (χ0n) is 15.1. The minimum atomic E-state index is -2.27. The Morgan fingerprint density at radius 1 is 0.957 bits per heavy atom. The lowest BCUT2D eigenvalue weighted by Crippen LogP contribution is -2.53. The number of hydrogen-bond acceptors (Lipinski definition) is 10. The highest BCUT2D eigenvalue weighted by molar-refractivity contribution is 5.77. The lowest BCUT2D eigenvalue weighted by Gasteiger charge is -2.31. The second kappa shape index (κ2) is 9.51. The SMILES string of the molecule is [2H]CC(=O)O[C@@H]([C@H](OC(=O)C[2H])[C@H](O)C(=O)OC)[C@H](C=O)OC(=O)C[2H]. The van der Waals surface area contributed by atoms with E-state index >= 15 is 0 Å². The molecule has 0 aliphatic carbocycles. The normalized spacial score (nSPS) is 17.0. The smallest absolute Gasteiger partial charge is 0.338 e. The molecule has 0 fully saturated rings. The van der Waals surface area contributed by atoms with Gasteiger partial charge in [-0.2, -0.15) is 0 Å². The van der Waals surface area contributed by atoms with Gasteiger partial charge in [0.25, 0.3) is 0 Å². The molecule has 0 saturated carbocycles. The van der Waals surface area contributed by atoms with E-state index in [4.69, 9.17) is 8.85 Å². The third-order valence-electron chi connectivity index (χ3n) is 2.34. The summed E-state index contributed by atoms with van der Waals surface area (Å²) in [6, 6.07) is 0. The van der Waals surface area contributed by atoms with Gasteiger partial charge in [0.1, 0.15) is 0 Å². The van der Waals surface area contributed by atoms with Crippen LogP contribution in [0.25, 0.3) is 0 Å². The van der Waals surface area contributed by atoms with Crippen LogP contribution >= 0.6 is 0 Å². The molecule has 0 aromatic carbocycles. The fraction of sp³-hybridized carbons (Fsp3) is 0.615. The number of ether oxygens (including phenoxy) is 4. The van der Waals surface area contributed by atoms with Crippen molar-refractivity contribution in [2.24, 2.45) is 0 Å². The van der Waals surface area contributed by atoms with Crippen LogP contribution in [0.5, 0.6) is 0 Å². The molecule has 10 nitrogen and oxygen atoms in total. The van der Waals surface area contributed by atoms with Crippen LogP contribution in [0.4, 0.5) is 0 Å². The molecule has 0 aromatic heterocycles. The molecule has 0 heterocycles. The molecule has 0 aromatic rings. The number of carbonyl (C=O) groups is 5. The Labute approximate surface area is 135 Å². The summed E-state index contributed by atoms with van der Waals surface area (Å²) in [5, 5.41) is 9.97. The molecule has 0 bridgehead atoms. The van der Waals surface area contributed by atoms with E-state index in [0.29, 0.717) is 0 Å². The van der Waals surface area contributed by atoms with Gasteiger partial charge in [0.2, 0.25) is 0 Å². The topological polar surface area (TPSA) is 143 Å². The predicted octanol–water partition coefficient (Wildman–Crippen LogP) is -1.49. The van der Waals surface area contributed by atoms with Crippen LogP contribution in [0.15, 0.2) is 0 Å². The molecule has 0 amide bonds.